The summed E-state index contributed by atoms with van der Waals surface area (Å²) in [6.07, 6.45) is 3.13. The number of likely N-dealkylation sites (tertiary alicyclic amines) is 1. The van der Waals surface area contributed by atoms with Crippen LogP contribution >= 0.6 is 11.6 Å². The van der Waals surface area contributed by atoms with E-state index in [0.717, 1.165) is 35.4 Å². The van der Waals surface area contributed by atoms with Crippen LogP contribution in [0.1, 0.15) is 56.7 Å². The van der Waals surface area contributed by atoms with Crippen molar-refractivity contribution in [1.29, 1.82) is 0 Å². The fourth-order valence-electron chi connectivity index (χ4n) is 4.74. The molecule has 186 valence electrons. The number of nitrogens with zero attached hydrogens (tertiary/aromatic N) is 3. The number of halogens is 1. The molecule has 2 aromatic carbocycles. The highest BCUT2D eigenvalue weighted by Crippen LogP contribution is 2.35. The SMILES string of the molecule is CCOC(=O)[C@@H]1CCCCN1CC(=O)N1N=C(c2ccccc2Cl)C[C@@H]1c1ccc(OCC)cc1. The van der Waals surface area contributed by atoms with Gasteiger partial charge in [0.1, 0.15) is 11.8 Å². The maximum atomic E-state index is 13.6. The number of hydrazone groups is 1. The lowest BCUT2D eigenvalue weighted by molar-refractivity contribution is -0.152. The standard InChI is InChI=1S/C27H32ClN3O4/c1-3-34-20-14-12-19(13-15-20)25-17-23(21-9-5-6-10-22(21)28)29-31(25)26(32)18-30-16-8-7-11-24(30)27(33)35-4-2/h5-6,9-10,12-15,24-25H,3-4,7-8,11,16-18H2,1-2H3/t24-,25+/m0/s1. The van der Waals surface area contributed by atoms with Crippen molar-refractivity contribution in [3.05, 3.63) is 64.7 Å². The van der Waals surface area contributed by atoms with Crippen LogP contribution in [0.2, 0.25) is 5.02 Å². The normalized spacial score (nSPS) is 20.4. The van der Waals surface area contributed by atoms with E-state index in [1.807, 2.05) is 60.4 Å². The van der Waals surface area contributed by atoms with Gasteiger partial charge in [-0.15, -0.1) is 0 Å². The molecule has 1 fully saturated rings. The number of hydrogen-bond donors (Lipinski definition) is 0. The zero-order valence-corrected chi connectivity index (χ0v) is 21.0. The third-order valence-electron chi connectivity index (χ3n) is 6.44. The summed E-state index contributed by atoms with van der Waals surface area (Å²) in [5.74, 6) is 0.372. The first-order valence-corrected chi connectivity index (χ1v) is 12.7. The van der Waals surface area contributed by atoms with E-state index >= 15 is 0 Å². The second-order valence-electron chi connectivity index (χ2n) is 8.72. The number of piperidine rings is 1. The maximum absolute atomic E-state index is 13.6. The molecular weight excluding hydrogens is 466 g/mol. The Morgan fingerprint density at radius 1 is 1.06 bits per heavy atom. The number of rotatable bonds is 8. The van der Waals surface area contributed by atoms with Crippen LogP contribution in [0.15, 0.2) is 53.6 Å². The Labute approximate surface area is 211 Å². The fraction of sp³-hybridized carbons (Fsp3) is 0.444. The van der Waals surface area contributed by atoms with Crippen molar-refractivity contribution in [3.8, 4) is 5.75 Å². The van der Waals surface area contributed by atoms with E-state index in [1.54, 1.807) is 11.9 Å². The monoisotopic (exact) mass is 497 g/mol. The molecule has 0 radical (unpaired) electrons. The Balaban J connectivity index is 1.60. The number of benzene rings is 2. The molecule has 2 aliphatic rings. The first-order chi connectivity index (χ1) is 17.0. The molecule has 0 spiro atoms. The van der Waals surface area contributed by atoms with Crippen molar-refractivity contribution in [2.45, 2.75) is 51.6 Å². The highest BCUT2D eigenvalue weighted by atomic mass is 35.5. The highest BCUT2D eigenvalue weighted by Gasteiger charge is 2.37. The van der Waals surface area contributed by atoms with Gasteiger partial charge in [-0.3, -0.25) is 14.5 Å². The van der Waals surface area contributed by atoms with Crippen molar-refractivity contribution in [2.24, 2.45) is 5.10 Å². The molecule has 8 heteroatoms. The van der Waals surface area contributed by atoms with E-state index in [0.29, 0.717) is 37.6 Å². The summed E-state index contributed by atoms with van der Waals surface area (Å²) in [6.45, 7) is 5.44. The van der Waals surface area contributed by atoms with Gasteiger partial charge in [-0.25, -0.2) is 5.01 Å². The van der Waals surface area contributed by atoms with Crippen LogP contribution in [-0.4, -0.2) is 59.8 Å². The van der Waals surface area contributed by atoms with Crippen LogP contribution < -0.4 is 4.74 Å². The summed E-state index contributed by atoms with van der Waals surface area (Å²) in [5.41, 5.74) is 2.55. The van der Waals surface area contributed by atoms with Gasteiger partial charge in [0.2, 0.25) is 0 Å². The van der Waals surface area contributed by atoms with Gasteiger partial charge in [0, 0.05) is 17.0 Å². The molecule has 0 bridgehead atoms. The molecular formula is C27H32ClN3O4. The predicted octanol–water partition coefficient (Wildman–Crippen LogP) is 4.83. The van der Waals surface area contributed by atoms with Gasteiger partial charge in [-0.1, -0.05) is 48.4 Å². The molecule has 0 aromatic heterocycles. The Bertz CT molecular complexity index is 1070. The summed E-state index contributed by atoms with van der Waals surface area (Å²) in [5, 5.41) is 6.91. The van der Waals surface area contributed by atoms with Gasteiger partial charge in [-0.2, -0.15) is 5.10 Å². The number of esters is 1. The van der Waals surface area contributed by atoms with Crippen LogP contribution in [0.4, 0.5) is 0 Å². The molecule has 2 atom stereocenters. The predicted molar refractivity (Wildman–Crippen MR) is 136 cm³/mol. The number of hydrogen-bond acceptors (Lipinski definition) is 6. The third-order valence-corrected chi connectivity index (χ3v) is 6.77. The van der Waals surface area contributed by atoms with Crippen LogP contribution in [-0.2, 0) is 14.3 Å². The van der Waals surface area contributed by atoms with Crippen molar-refractivity contribution in [2.75, 3.05) is 26.3 Å². The number of amides is 1. The van der Waals surface area contributed by atoms with E-state index in [2.05, 4.69) is 0 Å². The van der Waals surface area contributed by atoms with Crippen molar-refractivity contribution >= 4 is 29.2 Å². The van der Waals surface area contributed by atoms with E-state index < -0.39 is 6.04 Å². The van der Waals surface area contributed by atoms with Gasteiger partial charge in [0.25, 0.3) is 5.91 Å². The van der Waals surface area contributed by atoms with Gasteiger partial charge < -0.3 is 9.47 Å². The molecule has 4 rings (SSSR count). The topological polar surface area (TPSA) is 71.4 Å². The molecule has 0 N–H and O–H groups in total. The van der Waals surface area contributed by atoms with E-state index in [1.165, 1.54) is 0 Å². The lowest BCUT2D eigenvalue weighted by atomic mass is 9.98. The zero-order valence-electron chi connectivity index (χ0n) is 20.3. The Morgan fingerprint density at radius 2 is 1.83 bits per heavy atom. The molecule has 2 aliphatic heterocycles. The van der Waals surface area contributed by atoms with Gasteiger partial charge in [0.15, 0.2) is 0 Å². The molecule has 2 heterocycles. The Morgan fingerprint density at radius 3 is 2.54 bits per heavy atom. The average molecular weight is 498 g/mol. The molecule has 2 aromatic rings. The molecule has 0 aliphatic carbocycles. The first-order valence-electron chi connectivity index (χ1n) is 12.3. The van der Waals surface area contributed by atoms with Gasteiger partial charge >= 0.3 is 5.97 Å². The van der Waals surface area contributed by atoms with Crippen molar-refractivity contribution < 1.29 is 19.1 Å². The van der Waals surface area contributed by atoms with Crippen LogP contribution in [0.3, 0.4) is 0 Å². The molecule has 1 amide bonds. The molecule has 1 saturated heterocycles. The number of ether oxygens (including phenoxy) is 2. The van der Waals surface area contributed by atoms with Crippen molar-refractivity contribution in [3.63, 3.8) is 0 Å². The van der Waals surface area contributed by atoms with E-state index in [4.69, 9.17) is 26.2 Å². The van der Waals surface area contributed by atoms with Crippen molar-refractivity contribution in [1.82, 2.24) is 9.91 Å². The number of carbonyl (C=O) groups is 2. The second-order valence-corrected chi connectivity index (χ2v) is 9.13. The number of carbonyl (C=O) groups excluding carboxylic acids is 2. The van der Waals surface area contributed by atoms with E-state index in [9.17, 15) is 9.59 Å². The van der Waals surface area contributed by atoms with E-state index in [-0.39, 0.29) is 24.5 Å². The lowest BCUT2D eigenvalue weighted by Crippen LogP contribution is -2.49. The molecule has 0 unspecified atom stereocenters. The first kappa shape index (κ1) is 25.2. The summed E-state index contributed by atoms with van der Waals surface area (Å²) < 4.78 is 10.9. The molecule has 35 heavy (non-hydrogen) atoms. The minimum atomic E-state index is -0.397. The van der Waals surface area contributed by atoms with Gasteiger partial charge in [-0.05, 0) is 57.0 Å². The summed E-state index contributed by atoms with van der Waals surface area (Å²) >= 11 is 6.46. The van der Waals surface area contributed by atoms with Crippen LogP contribution in [0.25, 0.3) is 0 Å². The fourth-order valence-corrected chi connectivity index (χ4v) is 4.99. The summed E-state index contributed by atoms with van der Waals surface area (Å²) in [6, 6.07) is 14.7. The minimum Gasteiger partial charge on any atom is -0.494 e. The van der Waals surface area contributed by atoms with Gasteiger partial charge in [0.05, 0.1) is 31.5 Å². The Kier molecular flexibility index (Phi) is 8.42. The summed E-state index contributed by atoms with van der Waals surface area (Å²) in [7, 11) is 0. The van der Waals surface area contributed by atoms with Crippen LogP contribution in [0.5, 0.6) is 5.75 Å². The molecule has 0 saturated carbocycles. The molecule has 7 nitrogen and oxygen atoms in total. The highest BCUT2D eigenvalue weighted by molar-refractivity contribution is 6.34. The smallest absolute Gasteiger partial charge is 0.323 e. The lowest BCUT2D eigenvalue weighted by Gasteiger charge is -2.34. The zero-order chi connectivity index (χ0) is 24.8. The third kappa shape index (κ3) is 5.85. The maximum Gasteiger partial charge on any atom is 0.323 e. The second kappa shape index (κ2) is 11.7. The Hall–Kier alpha value is -2.90. The average Bonchev–Trinajstić information content (AvgIpc) is 3.31. The largest absolute Gasteiger partial charge is 0.494 e. The quantitative estimate of drug-likeness (QED) is 0.488. The van der Waals surface area contributed by atoms with Crippen LogP contribution in [0, 0.1) is 0 Å². The summed E-state index contributed by atoms with van der Waals surface area (Å²) in [4.78, 5) is 28.1. The minimum absolute atomic E-state index is 0.107.